The second-order valence-corrected chi connectivity index (χ2v) is 7.49. The van der Waals surface area contributed by atoms with Crippen molar-refractivity contribution in [3.63, 3.8) is 0 Å². The lowest BCUT2D eigenvalue weighted by Crippen LogP contribution is -2.07. The van der Waals surface area contributed by atoms with Crippen molar-refractivity contribution in [1.82, 2.24) is 9.97 Å². The third-order valence-corrected chi connectivity index (χ3v) is 5.21. The summed E-state index contributed by atoms with van der Waals surface area (Å²) in [6.45, 7) is 4.98. The second kappa shape index (κ2) is 8.76. The molecule has 0 aliphatic rings. The molecule has 31 heavy (non-hydrogen) atoms. The molecule has 0 saturated heterocycles. The first-order valence-electron chi connectivity index (χ1n) is 9.36. The molecule has 0 aliphatic carbocycles. The van der Waals surface area contributed by atoms with Crippen LogP contribution in [0.2, 0.25) is 0 Å². The van der Waals surface area contributed by atoms with Crippen LogP contribution in [0.1, 0.15) is 17.3 Å². The highest BCUT2D eigenvalue weighted by atomic mass is 32.1. The van der Waals surface area contributed by atoms with E-state index in [9.17, 15) is 9.59 Å². The Labute approximate surface area is 182 Å². The maximum Gasteiger partial charge on any atom is 0.247 e. The Morgan fingerprint density at radius 3 is 2.61 bits per heavy atom. The van der Waals surface area contributed by atoms with Crippen LogP contribution in [0.15, 0.2) is 72.6 Å². The number of hydrogen-bond acceptors (Lipinski definition) is 7. The first kappa shape index (κ1) is 20.2. The summed E-state index contributed by atoms with van der Waals surface area (Å²) in [6.07, 6.45) is 1.20. The smallest absolute Gasteiger partial charge is 0.247 e. The minimum Gasteiger partial charge on any atom is -0.437 e. The zero-order chi connectivity index (χ0) is 21.8. The van der Waals surface area contributed by atoms with E-state index in [1.807, 2.05) is 11.4 Å². The lowest BCUT2D eigenvalue weighted by Gasteiger charge is -2.10. The molecule has 4 rings (SSSR count). The van der Waals surface area contributed by atoms with Crippen molar-refractivity contribution in [1.29, 1.82) is 0 Å². The van der Waals surface area contributed by atoms with Crippen LogP contribution in [-0.2, 0) is 4.79 Å². The van der Waals surface area contributed by atoms with Crippen molar-refractivity contribution in [2.24, 2.45) is 0 Å². The van der Waals surface area contributed by atoms with Gasteiger partial charge in [0.25, 0.3) is 0 Å². The number of ketones is 1. The Morgan fingerprint density at radius 1 is 1.06 bits per heavy atom. The number of nitrogens with one attached hydrogen (secondary N) is 2. The summed E-state index contributed by atoms with van der Waals surface area (Å²) in [4.78, 5) is 32.1. The molecule has 0 saturated carbocycles. The molecule has 0 unspecified atom stereocenters. The number of benzene rings is 2. The molecule has 0 radical (unpaired) electrons. The van der Waals surface area contributed by atoms with E-state index >= 15 is 0 Å². The number of carbonyl (C=O) groups excluding carboxylic acids is 2. The summed E-state index contributed by atoms with van der Waals surface area (Å²) in [7, 11) is 0. The van der Waals surface area contributed by atoms with Gasteiger partial charge in [0.2, 0.25) is 17.7 Å². The number of fused-ring (bicyclic) bond motifs is 1. The Kier molecular flexibility index (Phi) is 5.72. The molecule has 0 spiro atoms. The number of anilines is 3. The third-order valence-electron chi connectivity index (χ3n) is 4.32. The molecule has 0 bridgehead atoms. The molecule has 2 aromatic heterocycles. The van der Waals surface area contributed by atoms with Crippen molar-refractivity contribution >= 4 is 50.6 Å². The van der Waals surface area contributed by atoms with Crippen LogP contribution in [0.5, 0.6) is 11.6 Å². The Hall–Kier alpha value is -4.04. The predicted octanol–water partition coefficient (Wildman–Crippen LogP) is 5.55. The fourth-order valence-corrected chi connectivity index (χ4v) is 3.58. The van der Waals surface area contributed by atoms with Crippen molar-refractivity contribution < 1.29 is 14.3 Å². The summed E-state index contributed by atoms with van der Waals surface area (Å²) in [5.74, 6) is 0.987. The van der Waals surface area contributed by atoms with Gasteiger partial charge in [-0.25, -0.2) is 4.98 Å². The number of rotatable bonds is 7. The van der Waals surface area contributed by atoms with Gasteiger partial charge >= 0.3 is 0 Å². The molecule has 2 heterocycles. The number of Topliss-reactive ketones (excluding diaryl/α,β-unsaturated/α-hetero) is 1. The zero-order valence-electron chi connectivity index (χ0n) is 16.6. The maximum absolute atomic E-state index is 11.6. The van der Waals surface area contributed by atoms with Gasteiger partial charge in [-0.2, -0.15) is 4.98 Å². The number of aromatic nitrogens is 2. The second-order valence-electron chi connectivity index (χ2n) is 6.57. The van der Waals surface area contributed by atoms with Gasteiger partial charge in [-0.1, -0.05) is 12.6 Å². The van der Waals surface area contributed by atoms with Crippen LogP contribution in [0, 0.1) is 0 Å². The van der Waals surface area contributed by atoms with E-state index in [1.54, 1.807) is 48.5 Å². The van der Waals surface area contributed by atoms with Crippen molar-refractivity contribution in [2.45, 2.75) is 6.92 Å². The summed E-state index contributed by atoms with van der Waals surface area (Å²) < 4.78 is 6.84. The van der Waals surface area contributed by atoms with Crippen molar-refractivity contribution in [2.75, 3.05) is 10.6 Å². The summed E-state index contributed by atoms with van der Waals surface area (Å²) >= 11 is 1.47. The molecular formula is C23H18N4O3S. The molecule has 8 heteroatoms. The SMILES string of the molecule is C=CC(=O)Nc1cccc(Oc2nc(Nc3ccc(C(C)=O)cc3)nc3ccsc23)c1. The van der Waals surface area contributed by atoms with E-state index in [0.717, 1.165) is 15.9 Å². The lowest BCUT2D eigenvalue weighted by atomic mass is 10.1. The number of nitrogens with zero attached hydrogens (tertiary/aromatic N) is 2. The monoisotopic (exact) mass is 430 g/mol. The third kappa shape index (κ3) is 4.76. The highest BCUT2D eigenvalue weighted by Crippen LogP contribution is 2.33. The topological polar surface area (TPSA) is 93.2 Å². The van der Waals surface area contributed by atoms with Crippen molar-refractivity contribution in [3.8, 4) is 11.6 Å². The van der Waals surface area contributed by atoms with Crippen LogP contribution in [0.25, 0.3) is 10.2 Å². The molecule has 7 nitrogen and oxygen atoms in total. The fraction of sp³-hybridized carbons (Fsp3) is 0.0435. The predicted molar refractivity (Wildman–Crippen MR) is 122 cm³/mol. The average Bonchev–Trinajstić information content (AvgIpc) is 3.23. The van der Waals surface area contributed by atoms with Crippen LogP contribution < -0.4 is 15.4 Å². The number of hydrogen-bond donors (Lipinski definition) is 2. The van der Waals surface area contributed by atoms with Gasteiger partial charge in [-0.05, 0) is 60.8 Å². The van der Waals surface area contributed by atoms with Crippen LogP contribution >= 0.6 is 11.3 Å². The fourth-order valence-electron chi connectivity index (χ4n) is 2.82. The Balaban J connectivity index is 1.62. The minimum absolute atomic E-state index is 0.00434. The molecular weight excluding hydrogens is 412 g/mol. The van der Waals surface area contributed by atoms with Gasteiger partial charge in [0.15, 0.2) is 5.78 Å². The standard InChI is InChI=1S/C23H18N4O3S/c1-3-20(29)24-17-5-4-6-18(13-17)30-22-21-19(11-12-31-21)26-23(27-22)25-16-9-7-15(8-10-16)14(2)28/h3-13H,1H2,2H3,(H,24,29)(H,25,26,27). The molecule has 2 aromatic carbocycles. The summed E-state index contributed by atoms with van der Waals surface area (Å²) in [5.41, 5.74) is 2.71. The van der Waals surface area contributed by atoms with Gasteiger partial charge < -0.3 is 15.4 Å². The van der Waals surface area contributed by atoms with E-state index in [-0.39, 0.29) is 11.7 Å². The van der Waals surface area contributed by atoms with Gasteiger partial charge in [-0.15, -0.1) is 11.3 Å². The van der Waals surface area contributed by atoms with E-state index in [0.29, 0.717) is 28.8 Å². The van der Waals surface area contributed by atoms with Crippen LogP contribution in [0.3, 0.4) is 0 Å². The minimum atomic E-state index is -0.304. The highest BCUT2D eigenvalue weighted by molar-refractivity contribution is 7.17. The van der Waals surface area contributed by atoms with E-state index in [4.69, 9.17) is 4.74 Å². The van der Waals surface area contributed by atoms with Crippen LogP contribution in [0.4, 0.5) is 17.3 Å². The molecule has 1 amide bonds. The van der Waals surface area contributed by atoms with Gasteiger partial charge in [0, 0.05) is 23.0 Å². The Morgan fingerprint density at radius 2 is 1.87 bits per heavy atom. The first-order chi connectivity index (χ1) is 15.0. The molecule has 0 fully saturated rings. The maximum atomic E-state index is 11.6. The number of thiophene rings is 1. The average molecular weight is 430 g/mol. The largest absolute Gasteiger partial charge is 0.437 e. The molecule has 154 valence electrons. The molecule has 4 aromatic rings. The van der Waals surface area contributed by atoms with Crippen molar-refractivity contribution in [3.05, 3.63) is 78.2 Å². The van der Waals surface area contributed by atoms with Gasteiger partial charge in [0.1, 0.15) is 10.4 Å². The van der Waals surface area contributed by atoms with E-state index in [1.165, 1.54) is 24.3 Å². The summed E-state index contributed by atoms with van der Waals surface area (Å²) in [5, 5.41) is 7.76. The van der Waals surface area contributed by atoms with Gasteiger partial charge in [0.05, 0.1) is 5.52 Å². The number of carbonyl (C=O) groups is 2. The normalized spacial score (nSPS) is 10.5. The van der Waals surface area contributed by atoms with E-state index in [2.05, 4.69) is 27.2 Å². The highest BCUT2D eigenvalue weighted by Gasteiger charge is 2.12. The molecule has 2 N–H and O–H groups in total. The lowest BCUT2D eigenvalue weighted by molar-refractivity contribution is -0.111. The summed E-state index contributed by atoms with van der Waals surface area (Å²) in [6, 6.07) is 16.0. The van der Waals surface area contributed by atoms with Gasteiger partial charge in [-0.3, -0.25) is 9.59 Å². The van der Waals surface area contributed by atoms with E-state index < -0.39 is 0 Å². The number of ether oxygens (including phenoxy) is 1. The Bertz CT molecular complexity index is 1280. The number of amides is 1. The quantitative estimate of drug-likeness (QED) is 0.295. The zero-order valence-corrected chi connectivity index (χ0v) is 17.4. The first-order valence-corrected chi connectivity index (χ1v) is 10.2. The van der Waals surface area contributed by atoms with Crippen LogP contribution in [-0.4, -0.2) is 21.7 Å². The molecule has 0 aliphatic heterocycles. The molecule has 0 atom stereocenters.